The topological polar surface area (TPSA) is 38.3 Å². The van der Waals surface area contributed by atoms with E-state index in [9.17, 15) is 9.18 Å². The summed E-state index contributed by atoms with van der Waals surface area (Å²) >= 11 is 0. The molecule has 0 radical (unpaired) electrons. The number of esters is 1. The Kier molecular flexibility index (Phi) is 3.19. The normalized spacial score (nSPS) is 24.4. The Bertz CT molecular complexity index is 394. The van der Waals surface area contributed by atoms with E-state index in [-0.39, 0.29) is 23.9 Å². The van der Waals surface area contributed by atoms with E-state index in [1.165, 1.54) is 13.0 Å². The molecule has 1 unspecified atom stereocenters. The first-order valence-electron chi connectivity index (χ1n) is 5.32. The van der Waals surface area contributed by atoms with Gasteiger partial charge in [-0.15, -0.1) is 0 Å². The quantitative estimate of drug-likeness (QED) is 0.777. The third kappa shape index (κ3) is 2.39. The first-order valence-corrected chi connectivity index (χ1v) is 5.32. The zero-order valence-corrected chi connectivity index (χ0v) is 9.07. The molecule has 0 spiro atoms. The van der Waals surface area contributed by atoms with Crippen molar-refractivity contribution in [2.45, 2.75) is 25.5 Å². The molecule has 0 aromatic heterocycles. The molecule has 16 heavy (non-hydrogen) atoms. The first kappa shape index (κ1) is 11.1. The van der Waals surface area contributed by atoms with Gasteiger partial charge in [0.2, 0.25) is 0 Å². The lowest BCUT2D eigenvalue weighted by molar-refractivity contribution is -0.145. The maximum atomic E-state index is 13.5. The van der Waals surface area contributed by atoms with Gasteiger partial charge in [0.15, 0.2) is 0 Å². The van der Waals surface area contributed by atoms with Crippen LogP contribution in [-0.4, -0.2) is 18.6 Å². The second kappa shape index (κ2) is 4.61. The number of carbonyl (C=O) groups excluding carboxylic acids is 1. The van der Waals surface area contributed by atoms with Crippen molar-refractivity contribution in [3.63, 3.8) is 0 Å². The van der Waals surface area contributed by atoms with Crippen LogP contribution in [0.3, 0.4) is 0 Å². The number of benzene rings is 1. The number of halogens is 1. The van der Waals surface area contributed by atoms with Gasteiger partial charge in [0.05, 0.1) is 0 Å². The summed E-state index contributed by atoms with van der Waals surface area (Å²) in [4.78, 5) is 10.8. The van der Waals surface area contributed by atoms with Gasteiger partial charge in [-0.3, -0.25) is 4.79 Å². The Morgan fingerprint density at radius 2 is 2.25 bits per heavy atom. The minimum Gasteiger partial charge on any atom is -0.461 e. The molecule has 1 saturated heterocycles. The summed E-state index contributed by atoms with van der Waals surface area (Å²) in [5, 5.41) is 3.15. The van der Waals surface area contributed by atoms with Crippen LogP contribution in [0, 0.1) is 5.82 Å². The highest BCUT2D eigenvalue weighted by atomic mass is 19.1. The number of hydrogen-bond donors (Lipinski definition) is 1. The predicted molar refractivity (Wildman–Crippen MR) is 57.3 cm³/mol. The molecular formula is C12H14FNO2. The molecule has 3 nitrogen and oxygen atoms in total. The van der Waals surface area contributed by atoms with Gasteiger partial charge in [-0.25, -0.2) is 4.39 Å². The summed E-state index contributed by atoms with van der Waals surface area (Å²) < 4.78 is 18.6. The van der Waals surface area contributed by atoms with Gasteiger partial charge in [0, 0.05) is 31.5 Å². The van der Waals surface area contributed by atoms with Crippen LogP contribution in [0.2, 0.25) is 0 Å². The summed E-state index contributed by atoms with van der Waals surface area (Å²) in [6.07, 6.45) is 0.475. The monoisotopic (exact) mass is 223 g/mol. The molecule has 0 bridgehead atoms. The fourth-order valence-corrected chi connectivity index (χ4v) is 2.02. The highest BCUT2D eigenvalue weighted by Gasteiger charge is 2.28. The molecule has 1 N–H and O–H groups in total. The maximum absolute atomic E-state index is 13.5. The van der Waals surface area contributed by atoms with Crippen molar-refractivity contribution in [3.8, 4) is 0 Å². The summed E-state index contributed by atoms with van der Waals surface area (Å²) in [6.45, 7) is 1.97. The lowest BCUT2D eigenvalue weighted by atomic mass is 10.0. The number of nitrogens with one attached hydrogen (secondary N) is 1. The van der Waals surface area contributed by atoms with Crippen LogP contribution in [0.4, 0.5) is 4.39 Å². The third-order valence-corrected chi connectivity index (χ3v) is 2.70. The van der Waals surface area contributed by atoms with Crippen molar-refractivity contribution in [1.82, 2.24) is 5.32 Å². The lowest BCUT2D eigenvalue weighted by Crippen LogP contribution is -2.19. The van der Waals surface area contributed by atoms with E-state index in [2.05, 4.69) is 5.32 Å². The maximum Gasteiger partial charge on any atom is 0.302 e. The summed E-state index contributed by atoms with van der Waals surface area (Å²) in [7, 11) is 0. The van der Waals surface area contributed by atoms with Crippen LogP contribution >= 0.6 is 0 Å². The molecule has 86 valence electrons. The standard InChI is InChI=1S/C12H14FNO2/c1-8(15)16-9-6-12(14-7-9)10-4-2-3-5-11(10)13/h2-5,9,12,14H,6-7H2,1H3/t9?,12-/m1/s1. The van der Waals surface area contributed by atoms with Crippen molar-refractivity contribution in [3.05, 3.63) is 35.6 Å². The Morgan fingerprint density at radius 3 is 2.94 bits per heavy atom. The van der Waals surface area contributed by atoms with E-state index in [0.717, 1.165) is 0 Å². The highest BCUT2D eigenvalue weighted by Crippen LogP contribution is 2.26. The van der Waals surface area contributed by atoms with Crippen LogP contribution < -0.4 is 5.32 Å². The number of rotatable bonds is 2. The molecule has 1 aromatic carbocycles. The average Bonchev–Trinajstić information content (AvgIpc) is 2.66. The fraction of sp³-hybridized carbons (Fsp3) is 0.417. The van der Waals surface area contributed by atoms with E-state index < -0.39 is 0 Å². The summed E-state index contributed by atoms with van der Waals surface area (Å²) in [5.74, 6) is -0.510. The van der Waals surface area contributed by atoms with Crippen molar-refractivity contribution in [2.75, 3.05) is 6.54 Å². The predicted octanol–water partition coefficient (Wildman–Crippen LogP) is 1.79. The molecule has 4 heteroatoms. The van der Waals surface area contributed by atoms with E-state index in [4.69, 9.17) is 4.74 Å². The molecule has 0 amide bonds. The van der Waals surface area contributed by atoms with Gasteiger partial charge in [-0.05, 0) is 6.07 Å². The molecule has 2 atom stereocenters. The van der Waals surface area contributed by atoms with E-state index in [1.54, 1.807) is 18.2 Å². The summed E-state index contributed by atoms with van der Waals surface area (Å²) in [6, 6.07) is 6.60. The van der Waals surface area contributed by atoms with Gasteiger partial charge in [-0.2, -0.15) is 0 Å². The fourth-order valence-electron chi connectivity index (χ4n) is 2.02. The second-order valence-corrected chi connectivity index (χ2v) is 3.95. The molecule has 0 saturated carbocycles. The number of hydrogen-bond acceptors (Lipinski definition) is 3. The van der Waals surface area contributed by atoms with Crippen molar-refractivity contribution >= 4 is 5.97 Å². The van der Waals surface area contributed by atoms with Crippen molar-refractivity contribution < 1.29 is 13.9 Å². The van der Waals surface area contributed by atoms with E-state index >= 15 is 0 Å². The van der Waals surface area contributed by atoms with Gasteiger partial charge < -0.3 is 10.1 Å². The van der Waals surface area contributed by atoms with Gasteiger partial charge in [0.25, 0.3) is 0 Å². The van der Waals surface area contributed by atoms with Crippen LogP contribution in [-0.2, 0) is 9.53 Å². The largest absolute Gasteiger partial charge is 0.461 e. The molecule has 1 heterocycles. The zero-order chi connectivity index (χ0) is 11.5. The number of carbonyl (C=O) groups is 1. The zero-order valence-electron chi connectivity index (χ0n) is 9.07. The van der Waals surface area contributed by atoms with Crippen LogP contribution in [0.1, 0.15) is 24.9 Å². The van der Waals surface area contributed by atoms with Crippen LogP contribution in [0.5, 0.6) is 0 Å². The lowest BCUT2D eigenvalue weighted by Gasteiger charge is -2.11. The minimum absolute atomic E-state index is 0.0643. The Balaban J connectivity index is 2.04. The molecule has 2 rings (SSSR count). The van der Waals surface area contributed by atoms with Gasteiger partial charge >= 0.3 is 5.97 Å². The molecule has 1 aromatic rings. The molecular weight excluding hydrogens is 209 g/mol. The third-order valence-electron chi connectivity index (χ3n) is 2.70. The van der Waals surface area contributed by atoms with Crippen LogP contribution in [0.15, 0.2) is 24.3 Å². The van der Waals surface area contributed by atoms with E-state index in [0.29, 0.717) is 18.5 Å². The minimum atomic E-state index is -0.291. The number of ether oxygens (including phenoxy) is 1. The highest BCUT2D eigenvalue weighted by molar-refractivity contribution is 5.66. The van der Waals surface area contributed by atoms with E-state index in [1.807, 2.05) is 0 Å². The smallest absolute Gasteiger partial charge is 0.302 e. The first-order chi connectivity index (χ1) is 7.66. The average molecular weight is 223 g/mol. The summed E-state index contributed by atoms with van der Waals surface area (Å²) in [5.41, 5.74) is 0.636. The Hall–Kier alpha value is -1.42. The Morgan fingerprint density at radius 1 is 1.50 bits per heavy atom. The second-order valence-electron chi connectivity index (χ2n) is 3.95. The molecule has 1 aliphatic heterocycles. The Labute approximate surface area is 93.6 Å². The molecule has 0 aliphatic carbocycles. The SMILES string of the molecule is CC(=O)OC1CN[C@@H](c2ccccc2F)C1. The van der Waals surface area contributed by atoms with Gasteiger partial charge in [0.1, 0.15) is 11.9 Å². The molecule has 1 aliphatic rings. The van der Waals surface area contributed by atoms with Gasteiger partial charge in [-0.1, -0.05) is 18.2 Å². The molecule has 1 fully saturated rings. The van der Waals surface area contributed by atoms with Crippen LogP contribution in [0.25, 0.3) is 0 Å². The van der Waals surface area contributed by atoms with Crippen molar-refractivity contribution in [1.29, 1.82) is 0 Å². The van der Waals surface area contributed by atoms with Crippen molar-refractivity contribution in [2.24, 2.45) is 0 Å².